The molecular weight excluding hydrogens is 385 g/mol. The zero-order valence-electron chi connectivity index (χ0n) is 13.5. The van der Waals surface area contributed by atoms with Gasteiger partial charge in [0.05, 0.1) is 4.92 Å². The molecule has 1 aliphatic rings. The first kappa shape index (κ1) is 20.2. The van der Waals surface area contributed by atoms with Gasteiger partial charge in [-0.05, 0) is 17.7 Å². The Morgan fingerprint density at radius 2 is 1.77 bits per heavy atom. The summed E-state index contributed by atoms with van der Waals surface area (Å²) in [6.45, 7) is 0.0940. The molecule has 0 spiro atoms. The van der Waals surface area contributed by atoms with Crippen LogP contribution in [0.15, 0.2) is 53.4 Å². The smallest absolute Gasteiger partial charge is 0.324 e. The van der Waals surface area contributed by atoms with E-state index in [-0.39, 0.29) is 31.4 Å². The maximum Gasteiger partial charge on any atom is 0.324 e. The van der Waals surface area contributed by atoms with Crippen molar-refractivity contribution in [2.75, 3.05) is 13.1 Å². The Labute approximate surface area is 156 Å². The third-order valence-corrected chi connectivity index (χ3v) is 6.17. The Balaban J connectivity index is 0.00000243. The molecule has 0 saturated carbocycles. The molecule has 10 heteroatoms. The zero-order chi connectivity index (χ0) is 18.2. The lowest BCUT2D eigenvalue weighted by Gasteiger charge is -2.16. The fraction of sp³-hybridized carbons (Fsp3) is 0.250. The van der Waals surface area contributed by atoms with Gasteiger partial charge in [-0.15, -0.1) is 12.4 Å². The van der Waals surface area contributed by atoms with E-state index in [4.69, 9.17) is 5.73 Å². The Morgan fingerprint density at radius 3 is 2.38 bits per heavy atom. The molecule has 0 radical (unpaired) electrons. The number of para-hydroxylation sites is 1. The fourth-order valence-electron chi connectivity index (χ4n) is 3.06. The van der Waals surface area contributed by atoms with Crippen molar-refractivity contribution < 1.29 is 17.7 Å². The Hall–Kier alpha value is -2.07. The molecule has 2 aromatic carbocycles. The molecule has 0 unspecified atom stereocenters. The van der Waals surface area contributed by atoms with Crippen LogP contribution in [0.5, 0.6) is 0 Å². The van der Waals surface area contributed by atoms with Gasteiger partial charge < -0.3 is 5.73 Å². The first-order valence-electron chi connectivity index (χ1n) is 7.56. The van der Waals surface area contributed by atoms with E-state index in [9.17, 15) is 22.9 Å². The lowest BCUT2D eigenvalue weighted by atomic mass is 9.95. The Bertz CT molecular complexity index is 911. The van der Waals surface area contributed by atoms with E-state index in [1.54, 1.807) is 0 Å². The van der Waals surface area contributed by atoms with Gasteiger partial charge in [0.25, 0.3) is 0 Å². The summed E-state index contributed by atoms with van der Waals surface area (Å²) < 4.78 is 40.5. The highest BCUT2D eigenvalue weighted by Gasteiger charge is 2.41. The van der Waals surface area contributed by atoms with Crippen molar-refractivity contribution in [3.63, 3.8) is 0 Å². The predicted octanol–water partition coefficient (Wildman–Crippen LogP) is 2.27. The third-order valence-electron chi connectivity index (χ3n) is 4.31. The van der Waals surface area contributed by atoms with Crippen molar-refractivity contribution in [1.82, 2.24) is 4.31 Å². The SMILES string of the molecule is Cl.N[C@@H]1CN(S(=O)(=O)c2cccc(F)c2[N+](=O)[O-])C[C@H]1c1ccccc1. The van der Waals surface area contributed by atoms with E-state index in [1.807, 2.05) is 30.3 Å². The maximum atomic E-state index is 13.8. The normalized spacial score (nSPS) is 20.5. The minimum atomic E-state index is -4.24. The molecule has 1 fully saturated rings. The second-order valence-electron chi connectivity index (χ2n) is 5.85. The van der Waals surface area contributed by atoms with E-state index in [0.717, 1.165) is 28.1 Å². The molecule has 0 bridgehead atoms. The van der Waals surface area contributed by atoms with Gasteiger partial charge in [0, 0.05) is 25.0 Å². The molecule has 2 N–H and O–H groups in total. The summed E-state index contributed by atoms with van der Waals surface area (Å²) in [5.74, 6) is -1.42. The van der Waals surface area contributed by atoms with Crippen molar-refractivity contribution in [3.8, 4) is 0 Å². The van der Waals surface area contributed by atoms with Crippen LogP contribution in [0.2, 0.25) is 0 Å². The molecule has 1 aliphatic heterocycles. The molecule has 140 valence electrons. The molecule has 0 aliphatic carbocycles. The summed E-state index contributed by atoms with van der Waals surface area (Å²) in [5.41, 5.74) is 5.94. The average molecular weight is 402 g/mol. The molecule has 26 heavy (non-hydrogen) atoms. The topological polar surface area (TPSA) is 107 Å². The fourth-order valence-corrected chi connectivity index (χ4v) is 4.73. The summed E-state index contributed by atoms with van der Waals surface area (Å²) >= 11 is 0. The summed E-state index contributed by atoms with van der Waals surface area (Å²) in [7, 11) is -4.24. The number of nitrogens with two attached hydrogens (primary N) is 1. The van der Waals surface area contributed by atoms with Gasteiger partial charge in [0.2, 0.25) is 15.8 Å². The van der Waals surface area contributed by atoms with Gasteiger partial charge in [-0.1, -0.05) is 36.4 Å². The summed E-state index contributed by atoms with van der Waals surface area (Å²) in [5, 5.41) is 11.1. The molecule has 1 saturated heterocycles. The Morgan fingerprint density at radius 1 is 1.12 bits per heavy atom. The van der Waals surface area contributed by atoms with Crippen molar-refractivity contribution in [3.05, 3.63) is 70.0 Å². The van der Waals surface area contributed by atoms with E-state index in [1.165, 1.54) is 0 Å². The van der Waals surface area contributed by atoms with Crippen LogP contribution < -0.4 is 5.73 Å². The van der Waals surface area contributed by atoms with Crippen LogP contribution in [-0.2, 0) is 10.0 Å². The molecule has 1 heterocycles. The highest BCUT2D eigenvalue weighted by atomic mass is 35.5. The first-order chi connectivity index (χ1) is 11.8. The molecule has 3 rings (SSSR count). The van der Waals surface area contributed by atoms with Crippen LogP contribution in [-0.4, -0.2) is 36.8 Å². The van der Waals surface area contributed by atoms with Crippen molar-refractivity contribution in [1.29, 1.82) is 0 Å². The minimum Gasteiger partial charge on any atom is -0.326 e. The third kappa shape index (κ3) is 3.56. The number of nitro benzene ring substituents is 1. The lowest BCUT2D eigenvalue weighted by molar-refractivity contribution is -0.390. The highest BCUT2D eigenvalue weighted by molar-refractivity contribution is 7.89. The highest BCUT2D eigenvalue weighted by Crippen LogP contribution is 2.34. The lowest BCUT2D eigenvalue weighted by Crippen LogP contribution is -2.32. The second-order valence-corrected chi connectivity index (χ2v) is 7.75. The largest absolute Gasteiger partial charge is 0.326 e. The van der Waals surface area contributed by atoms with Crippen LogP contribution in [0.3, 0.4) is 0 Å². The van der Waals surface area contributed by atoms with Gasteiger partial charge in [-0.3, -0.25) is 10.1 Å². The quantitative estimate of drug-likeness (QED) is 0.624. The number of nitro groups is 1. The van der Waals surface area contributed by atoms with Crippen LogP contribution in [0.4, 0.5) is 10.1 Å². The Kier molecular flexibility index (Phi) is 5.97. The van der Waals surface area contributed by atoms with Gasteiger partial charge >= 0.3 is 5.69 Å². The minimum absolute atomic E-state index is 0. The maximum absolute atomic E-state index is 13.8. The molecule has 2 aromatic rings. The van der Waals surface area contributed by atoms with Crippen molar-refractivity contribution in [2.24, 2.45) is 5.73 Å². The molecule has 0 amide bonds. The summed E-state index contributed by atoms with van der Waals surface area (Å²) in [6, 6.07) is 11.8. The second kappa shape index (κ2) is 7.67. The molecule has 7 nitrogen and oxygen atoms in total. The number of benzene rings is 2. The van der Waals surface area contributed by atoms with E-state index >= 15 is 0 Å². The number of hydrogen-bond donors (Lipinski definition) is 1. The zero-order valence-corrected chi connectivity index (χ0v) is 15.1. The number of hydrogen-bond acceptors (Lipinski definition) is 5. The number of halogens is 2. The molecule has 0 aromatic heterocycles. The van der Waals surface area contributed by atoms with Crippen LogP contribution in [0, 0.1) is 15.9 Å². The van der Waals surface area contributed by atoms with E-state index in [0.29, 0.717) is 0 Å². The van der Waals surface area contributed by atoms with E-state index < -0.39 is 37.4 Å². The first-order valence-corrected chi connectivity index (χ1v) is 9.00. The standard InChI is InChI=1S/C16H16FN3O4S.ClH/c17-13-7-4-8-15(16(13)20(21)22)25(23,24)19-9-12(14(18)10-19)11-5-2-1-3-6-11;/h1-8,12,14H,9-10,18H2;1H/t12-,14+;/m0./s1. The van der Waals surface area contributed by atoms with Crippen LogP contribution in [0.25, 0.3) is 0 Å². The molecule has 2 atom stereocenters. The predicted molar refractivity (Wildman–Crippen MR) is 96.2 cm³/mol. The van der Waals surface area contributed by atoms with Gasteiger partial charge in [0.1, 0.15) is 0 Å². The van der Waals surface area contributed by atoms with Gasteiger partial charge in [-0.25, -0.2) is 8.42 Å². The van der Waals surface area contributed by atoms with Crippen LogP contribution in [0.1, 0.15) is 11.5 Å². The molecular formula is C16H17ClFN3O4S. The number of nitrogens with zero attached hydrogens (tertiary/aromatic N) is 2. The van der Waals surface area contributed by atoms with Crippen LogP contribution >= 0.6 is 12.4 Å². The van der Waals surface area contributed by atoms with Crippen molar-refractivity contribution >= 4 is 28.1 Å². The van der Waals surface area contributed by atoms with E-state index in [2.05, 4.69) is 0 Å². The summed E-state index contributed by atoms with van der Waals surface area (Å²) in [4.78, 5) is 9.44. The van der Waals surface area contributed by atoms with Gasteiger partial charge in [0.15, 0.2) is 4.90 Å². The van der Waals surface area contributed by atoms with Crippen molar-refractivity contribution in [2.45, 2.75) is 16.9 Å². The number of sulfonamides is 1. The number of rotatable bonds is 4. The summed E-state index contributed by atoms with van der Waals surface area (Å²) in [6.07, 6.45) is 0. The van der Waals surface area contributed by atoms with Gasteiger partial charge in [-0.2, -0.15) is 8.70 Å². The average Bonchev–Trinajstić information content (AvgIpc) is 2.97. The monoisotopic (exact) mass is 401 g/mol.